The summed E-state index contributed by atoms with van der Waals surface area (Å²) in [6.07, 6.45) is 1.49. The molecular formula is C12H18O. The van der Waals surface area contributed by atoms with Crippen LogP contribution >= 0.6 is 0 Å². The standard InChI is InChI=1S/C10H12O.C2H6/c1-8-4-3-5-9(2)10(8)6-7-11;1-2/h3-5,7H,6H2,1-2H3;1-2H3. The van der Waals surface area contributed by atoms with Crippen molar-refractivity contribution in [3.63, 3.8) is 0 Å². The molecule has 0 fully saturated rings. The molecule has 0 spiro atoms. The molecular weight excluding hydrogens is 160 g/mol. The topological polar surface area (TPSA) is 17.1 Å². The van der Waals surface area contributed by atoms with Crippen LogP contribution in [0.2, 0.25) is 0 Å². The van der Waals surface area contributed by atoms with Crippen LogP contribution in [-0.4, -0.2) is 6.29 Å². The summed E-state index contributed by atoms with van der Waals surface area (Å²) < 4.78 is 0. The van der Waals surface area contributed by atoms with Gasteiger partial charge in [-0.2, -0.15) is 0 Å². The summed E-state index contributed by atoms with van der Waals surface area (Å²) >= 11 is 0. The number of benzene rings is 1. The quantitative estimate of drug-likeness (QED) is 0.636. The summed E-state index contributed by atoms with van der Waals surface area (Å²) in [6, 6.07) is 6.08. The average molecular weight is 178 g/mol. The van der Waals surface area contributed by atoms with Crippen LogP contribution in [0, 0.1) is 13.8 Å². The second kappa shape index (κ2) is 6.41. The molecule has 13 heavy (non-hydrogen) atoms. The van der Waals surface area contributed by atoms with Crippen molar-refractivity contribution in [3.05, 3.63) is 34.9 Å². The molecule has 0 amide bonds. The minimum Gasteiger partial charge on any atom is -0.303 e. The second-order valence-electron chi connectivity index (χ2n) is 2.74. The van der Waals surface area contributed by atoms with Crippen LogP contribution in [0.4, 0.5) is 0 Å². The van der Waals surface area contributed by atoms with Crippen LogP contribution in [0.1, 0.15) is 30.5 Å². The first kappa shape index (κ1) is 11.9. The number of carbonyl (C=O) groups is 1. The lowest BCUT2D eigenvalue weighted by atomic mass is 10.0. The van der Waals surface area contributed by atoms with Crippen molar-refractivity contribution in [2.45, 2.75) is 34.1 Å². The molecule has 0 N–H and O–H groups in total. The first-order valence-corrected chi connectivity index (χ1v) is 4.74. The molecule has 0 atom stereocenters. The molecule has 1 heteroatoms. The van der Waals surface area contributed by atoms with Crippen molar-refractivity contribution in [2.75, 3.05) is 0 Å². The maximum Gasteiger partial charge on any atom is 0.124 e. The van der Waals surface area contributed by atoms with Gasteiger partial charge in [-0.25, -0.2) is 0 Å². The van der Waals surface area contributed by atoms with Gasteiger partial charge in [0.2, 0.25) is 0 Å². The minimum atomic E-state index is 0.540. The fourth-order valence-corrected chi connectivity index (χ4v) is 1.25. The van der Waals surface area contributed by atoms with E-state index in [4.69, 9.17) is 0 Å². The number of hydrogen-bond acceptors (Lipinski definition) is 1. The molecule has 72 valence electrons. The highest BCUT2D eigenvalue weighted by atomic mass is 16.1. The zero-order valence-electron chi connectivity index (χ0n) is 8.92. The molecule has 0 aliphatic rings. The maximum absolute atomic E-state index is 10.3. The van der Waals surface area contributed by atoms with Gasteiger partial charge in [-0.05, 0) is 30.5 Å². The zero-order chi connectivity index (χ0) is 10.3. The minimum absolute atomic E-state index is 0.540. The van der Waals surface area contributed by atoms with Gasteiger partial charge in [0.25, 0.3) is 0 Å². The number of carbonyl (C=O) groups excluding carboxylic acids is 1. The zero-order valence-corrected chi connectivity index (χ0v) is 8.92. The number of aryl methyl sites for hydroxylation is 2. The normalized spacial score (nSPS) is 8.62. The second-order valence-corrected chi connectivity index (χ2v) is 2.74. The van der Waals surface area contributed by atoms with E-state index in [1.807, 2.05) is 45.9 Å². The van der Waals surface area contributed by atoms with Crippen molar-refractivity contribution in [1.82, 2.24) is 0 Å². The van der Waals surface area contributed by atoms with Gasteiger partial charge >= 0.3 is 0 Å². The van der Waals surface area contributed by atoms with Gasteiger partial charge in [0, 0.05) is 6.42 Å². The van der Waals surface area contributed by atoms with E-state index in [1.165, 1.54) is 16.7 Å². The molecule has 1 aromatic rings. The van der Waals surface area contributed by atoms with E-state index >= 15 is 0 Å². The molecule has 1 nitrogen and oxygen atoms in total. The number of hydrogen-bond donors (Lipinski definition) is 0. The molecule has 0 aliphatic carbocycles. The van der Waals surface area contributed by atoms with Crippen molar-refractivity contribution < 1.29 is 4.79 Å². The Labute approximate surface area is 80.8 Å². The van der Waals surface area contributed by atoms with Gasteiger partial charge in [-0.15, -0.1) is 0 Å². The van der Waals surface area contributed by atoms with E-state index in [0.29, 0.717) is 6.42 Å². The van der Waals surface area contributed by atoms with Crippen molar-refractivity contribution in [3.8, 4) is 0 Å². The van der Waals surface area contributed by atoms with E-state index in [0.717, 1.165) is 6.29 Å². The summed E-state index contributed by atoms with van der Waals surface area (Å²) in [6.45, 7) is 8.07. The third kappa shape index (κ3) is 3.41. The van der Waals surface area contributed by atoms with Crippen LogP contribution in [0.3, 0.4) is 0 Å². The Morgan fingerprint density at radius 1 is 1.15 bits per heavy atom. The predicted octanol–water partition coefficient (Wildman–Crippen LogP) is 3.07. The molecule has 1 rings (SSSR count). The third-order valence-corrected chi connectivity index (χ3v) is 1.93. The fraction of sp³-hybridized carbons (Fsp3) is 0.417. The van der Waals surface area contributed by atoms with Crippen molar-refractivity contribution in [1.29, 1.82) is 0 Å². The van der Waals surface area contributed by atoms with Gasteiger partial charge in [-0.3, -0.25) is 0 Å². The van der Waals surface area contributed by atoms with Gasteiger partial charge in [0.05, 0.1) is 0 Å². The molecule has 0 aromatic heterocycles. The lowest BCUT2D eigenvalue weighted by Gasteiger charge is -2.04. The van der Waals surface area contributed by atoms with Crippen molar-refractivity contribution >= 4 is 6.29 Å². The fourth-order valence-electron chi connectivity index (χ4n) is 1.25. The lowest BCUT2D eigenvalue weighted by Crippen LogP contribution is -1.93. The van der Waals surface area contributed by atoms with Crippen LogP contribution in [0.25, 0.3) is 0 Å². The SMILES string of the molecule is CC.Cc1cccc(C)c1CC=O. The highest BCUT2D eigenvalue weighted by molar-refractivity contribution is 5.57. The summed E-state index contributed by atoms with van der Waals surface area (Å²) in [5.41, 5.74) is 3.58. The largest absolute Gasteiger partial charge is 0.303 e. The average Bonchev–Trinajstić information content (AvgIpc) is 2.15. The molecule has 0 bridgehead atoms. The monoisotopic (exact) mass is 178 g/mol. The molecule has 0 aliphatic heterocycles. The van der Waals surface area contributed by atoms with E-state index in [1.54, 1.807) is 0 Å². The Balaban J connectivity index is 0.000000671. The van der Waals surface area contributed by atoms with Crippen molar-refractivity contribution in [2.24, 2.45) is 0 Å². The smallest absolute Gasteiger partial charge is 0.124 e. The molecule has 0 saturated heterocycles. The number of aldehydes is 1. The lowest BCUT2D eigenvalue weighted by molar-refractivity contribution is -0.107. The molecule has 1 aromatic carbocycles. The van der Waals surface area contributed by atoms with Gasteiger partial charge in [0.1, 0.15) is 6.29 Å². The molecule has 0 radical (unpaired) electrons. The highest BCUT2D eigenvalue weighted by Crippen LogP contribution is 2.12. The summed E-state index contributed by atoms with van der Waals surface area (Å²) in [5.74, 6) is 0. The van der Waals surface area contributed by atoms with Crippen LogP contribution in [-0.2, 0) is 11.2 Å². The summed E-state index contributed by atoms with van der Waals surface area (Å²) in [4.78, 5) is 10.3. The van der Waals surface area contributed by atoms with Crippen LogP contribution < -0.4 is 0 Å². The summed E-state index contributed by atoms with van der Waals surface area (Å²) in [5, 5.41) is 0. The third-order valence-electron chi connectivity index (χ3n) is 1.93. The first-order valence-electron chi connectivity index (χ1n) is 4.74. The Morgan fingerprint density at radius 3 is 2.00 bits per heavy atom. The Kier molecular flexibility index (Phi) is 5.86. The van der Waals surface area contributed by atoms with E-state index < -0.39 is 0 Å². The van der Waals surface area contributed by atoms with E-state index in [-0.39, 0.29) is 0 Å². The molecule has 0 saturated carbocycles. The van der Waals surface area contributed by atoms with Crippen LogP contribution in [0.15, 0.2) is 18.2 Å². The molecule has 0 heterocycles. The maximum atomic E-state index is 10.3. The Bertz CT molecular complexity index is 244. The Hall–Kier alpha value is -1.11. The number of rotatable bonds is 2. The van der Waals surface area contributed by atoms with Crippen LogP contribution in [0.5, 0.6) is 0 Å². The van der Waals surface area contributed by atoms with E-state index in [9.17, 15) is 4.79 Å². The first-order chi connectivity index (χ1) is 6.25. The predicted molar refractivity (Wildman–Crippen MR) is 57.0 cm³/mol. The van der Waals surface area contributed by atoms with E-state index in [2.05, 4.69) is 0 Å². The van der Waals surface area contributed by atoms with Gasteiger partial charge in [0.15, 0.2) is 0 Å². The highest BCUT2D eigenvalue weighted by Gasteiger charge is 1.99. The van der Waals surface area contributed by atoms with Gasteiger partial charge < -0.3 is 4.79 Å². The summed E-state index contributed by atoms with van der Waals surface area (Å²) in [7, 11) is 0. The Morgan fingerprint density at radius 2 is 1.62 bits per heavy atom. The molecule has 0 unspecified atom stereocenters. The van der Waals surface area contributed by atoms with Gasteiger partial charge in [-0.1, -0.05) is 32.0 Å².